The molecule has 7 rings (SSSR count). The third-order valence-electron chi connectivity index (χ3n) is 8.18. The van der Waals surface area contributed by atoms with Gasteiger partial charge in [0.1, 0.15) is 0 Å². The quantitative estimate of drug-likeness (QED) is 0.201. The number of rotatable bonds is 4. The van der Waals surface area contributed by atoms with Crippen LogP contribution in [0.3, 0.4) is 0 Å². The van der Waals surface area contributed by atoms with Gasteiger partial charge in [0.2, 0.25) is 0 Å². The second-order valence-electron chi connectivity index (χ2n) is 10.8. The normalized spacial score (nSPS) is 16.1. The fourth-order valence-corrected chi connectivity index (χ4v) is 7.50. The van der Waals surface area contributed by atoms with Gasteiger partial charge in [0.25, 0.3) is 0 Å². The summed E-state index contributed by atoms with van der Waals surface area (Å²) in [7, 11) is 0. The van der Waals surface area contributed by atoms with E-state index in [4.69, 9.17) is 16.6 Å². The highest BCUT2D eigenvalue weighted by Crippen LogP contribution is 2.43. The van der Waals surface area contributed by atoms with Crippen molar-refractivity contribution in [1.82, 2.24) is 0 Å². The van der Waals surface area contributed by atoms with Crippen molar-refractivity contribution in [2.24, 2.45) is 10.9 Å². The molecule has 1 unspecified atom stereocenters. The second kappa shape index (κ2) is 10.8. The zero-order chi connectivity index (χ0) is 27.9. The van der Waals surface area contributed by atoms with Crippen LogP contribution in [-0.4, -0.2) is 5.71 Å². The molecule has 1 atom stereocenters. The third-order valence-corrected chi connectivity index (χ3v) is 9.81. The predicted molar refractivity (Wildman–Crippen MR) is 180 cm³/mol. The van der Waals surface area contributed by atoms with Gasteiger partial charge in [0.05, 0.1) is 21.1 Å². The Hall–Kier alpha value is -3.98. The topological polar surface area (TPSA) is 12.4 Å². The SMILES string of the molecule is CCC1=C(c2ccc3ccccc3c2)N=C(c2ccccc2)C(C)CC=C1c1cc(Cl)c2sc3ccccc3c2c1. The highest BCUT2D eigenvalue weighted by Gasteiger charge is 2.23. The van der Waals surface area contributed by atoms with E-state index in [2.05, 4.69) is 129 Å². The maximum Gasteiger partial charge on any atom is 0.0743 e. The van der Waals surface area contributed by atoms with E-state index in [1.54, 1.807) is 11.3 Å². The Balaban J connectivity index is 1.50. The molecule has 1 aliphatic rings. The minimum Gasteiger partial charge on any atom is -0.252 e. The molecule has 0 saturated heterocycles. The van der Waals surface area contributed by atoms with Crippen LogP contribution in [0.4, 0.5) is 0 Å². The van der Waals surface area contributed by atoms with Gasteiger partial charge >= 0.3 is 0 Å². The molecule has 0 saturated carbocycles. The molecule has 6 aromatic rings. The molecule has 1 aliphatic heterocycles. The first-order chi connectivity index (χ1) is 20.1. The van der Waals surface area contributed by atoms with E-state index in [9.17, 15) is 0 Å². The Kier molecular flexibility index (Phi) is 6.82. The number of halogens is 1. The van der Waals surface area contributed by atoms with Gasteiger partial charge in [-0.25, -0.2) is 0 Å². The summed E-state index contributed by atoms with van der Waals surface area (Å²) < 4.78 is 2.42. The molecule has 200 valence electrons. The summed E-state index contributed by atoms with van der Waals surface area (Å²) in [6.07, 6.45) is 4.18. The van der Waals surface area contributed by atoms with Gasteiger partial charge in [-0.15, -0.1) is 11.3 Å². The number of hydrogen-bond acceptors (Lipinski definition) is 2. The summed E-state index contributed by atoms with van der Waals surface area (Å²) in [4.78, 5) is 5.54. The summed E-state index contributed by atoms with van der Waals surface area (Å²) in [5.41, 5.74) is 8.13. The van der Waals surface area contributed by atoms with Gasteiger partial charge in [-0.1, -0.05) is 116 Å². The van der Waals surface area contributed by atoms with Crippen LogP contribution < -0.4 is 0 Å². The molecule has 3 heteroatoms. The number of nitrogens with zero attached hydrogens (tertiary/aromatic N) is 1. The van der Waals surface area contributed by atoms with Crippen LogP contribution in [0, 0.1) is 5.92 Å². The first kappa shape index (κ1) is 26.0. The molecule has 1 aromatic heterocycles. The Morgan fingerprint density at radius 3 is 2.34 bits per heavy atom. The highest BCUT2D eigenvalue weighted by molar-refractivity contribution is 7.26. The summed E-state index contributed by atoms with van der Waals surface area (Å²) >= 11 is 8.78. The summed E-state index contributed by atoms with van der Waals surface area (Å²) in [6, 6.07) is 39.0. The molecule has 0 radical (unpaired) electrons. The van der Waals surface area contributed by atoms with Crippen LogP contribution >= 0.6 is 22.9 Å². The zero-order valence-corrected chi connectivity index (χ0v) is 24.8. The van der Waals surface area contributed by atoms with Gasteiger partial charge in [-0.05, 0) is 70.2 Å². The number of aliphatic imine (C=N–C) groups is 1. The largest absolute Gasteiger partial charge is 0.252 e. The van der Waals surface area contributed by atoms with Gasteiger partial charge in [0.15, 0.2) is 0 Å². The van der Waals surface area contributed by atoms with Gasteiger partial charge < -0.3 is 0 Å². The van der Waals surface area contributed by atoms with Crippen LogP contribution in [0.15, 0.2) is 126 Å². The number of hydrogen-bond donors (Lipinski definition) is 0. The first-order valence-corrected chi connectivity index (χ1v) is 15.5. The maximum absolute atomic E-state index is 7.01. The fourth-order valence-electron chi connectivity index (χ4n) is 6.08. The smallest absolute Gasteiger partial charge is 0.0743 e. The van der Waals surface area contributed by atoms with Gasteiger partial charge in [0, 0.05) is 27.0 Å². The number of fused-ring (bicyclic) bond motifs is 4. The summed E-state index contributed by atoms with van der Waals surface area (Å²) in [6.45, 7) is 4.53. The second-order valence-corrected chi connectivity index (χ2v) is 12.3. The van der Waals surface area contributed by atoms with Crippen molar-refractivity contribution in [2.75, 3.05) is 0 Å². The van der Waals surface area contributed by atoms with E-state index in [0.717, 1.165) is 45.1 Å². The van der Waals surface area contributed by atoms with E-state index in [0.29, 0.717) is 0 Å². The predicted octanol–water partition coefficient (Wildman–Crippen LogP) is 11.6. The van der Waals surface area contributed by atoms with Crippen molar-refractivity contribution in [2.45, 2.75) is 26.7 Å². The minimum absolute atomic E-state index is 0.252. The Morgan fingerprint density at radius 2 is 1.51 bits per heavy atom. The number of benzene rings is 5. The molecule has 0 fully saturated rings. The molecule has 0 amide bonds. The van der Waals surface area contributed by atoms with Crippen LogP contribution in [0.5, 0.6) is 0 Å². The van der Waals surface area contributed by atoms with Crippen molar-refractivity contribution in [3.05, 3.63) is 143 Å². The van der Waals surface area contributed by atoms with Gasteiger partial charge in [-0.3, -0.25) is 4.99 Å². The summed E-state index contributed by atoms with van der Waals surface area (Å²) in [5.74, 6) is 0.252. The molecule has 0 aliphatic carbocycles. The minimum atomic E-state index is 0.252. The monoisotopic (exact) mass is 567 g/mol. The average molecular weight is 568 g/mol. The Morgan fingerprint density at radius 1 is 0.756 bits per heavy atom. The lowest BCUT2D eigenvalue weighted by atomic mass is 9.86. The highest BCUT2D eigenvalue weighted by atomic mass is 35.5. The molecular formula is C38H30ClNS. The van der Waals surface area contributed by atoms with E-state index in [1.807, 2.05) is 0 Å². The van der Waals surface area contributed by atoms with Crippen LogP contribution in [0.2, 0.25) is 5.02 Å². The summed E-state index contributed by atoms with van der Waals surface area (Å²) in [5, 5.41) is 5.75. The number of allylic oxidation sites excluding steroid dienone is 3. The van der Waals surface area contributed by atoms with Crippen LogP contribution in [-0.2, 0) is 0 Å². The Labute approximate surface area is 250 Å². The fraction of sp³-hybridized carbons (Fsp3) is 0.132. The van der Waals surface area contributed by atoms with Crippen molar-refractivity contribution in [3.8, 4) is 0 Å². The maximum atomic E-state index is 7.01. The zero-order valence-electron chi connectivity index (χ0n) is 23.2. The molecule has 5 aromatic carbocycles. The van der Waals surface area contributed by atoms with E-state index < -0.39 is 0 Å². The molecule has 0 spiro atoms. The van der Waals surface area contributed by atoms with Crippen molar-refractivity contribution in [3.63, 3.8) is 0 Å². The van der Waals surface area contributed by atoms with Crippen LogP contribution in [0.1, 0.15) is 43.4 Å². The average Bonchev–Trinajstić information content (AvgIpc) is 3.39. The third kappa shape index (κ3) is 4.72. The van der Waals surface area contributed by atoms with Crippen molar-refractivity contribution >= 4 is 70.9 Å². The molecule has 41 heavy (non-hydrogen) atoms. The van der Waals surface area contributed by atoms with Crippen LogP contribution in [0.25, 0.3) is 42.2 Å². The standard InChI is InChI=1S/C38H30ClNS/c1-3-30-31(29-22-33-32-15-9-10-16-35(32)41-38(33)34(39)23-29)20-17-24(2)36(26-12-5-4-6-13-26)40-37(30)28-19-18-25-11-7-8-14-27(25)21-28/h4-16,18-24H,3,17H2,1-2H3. The van der Waals surface area contributed by atoms with E-state index in [-0.39, 0.29) is 5.92 Å². The van der Waals surface area contributed by atoms with E-state index in [1.165, 1.54) is 43.0 Å². The molecular weight excluding hydrogens is 538 g/mol. The van der Waals surface area contributed by atoms with Crippen molar-refractivity contribution < 1.29 is 0 Å². The molecule has 0 bridgehead atoms. The lowest BCUT2D eigenvalue weighted by Gasteiger charge is -2.23. The Bertz CT molecular complexity index is 2030. The molecule has 2 heterocycles. The lowest BCUT2D eigenvalue weighted by Crippen LogP contribution is -2.15. The molecule has 1 nitrogen and oxygen atoms in total. The lowest BCUT2D eigenvalue weighted by molar-refractivity contribution is 0.789. The molecule has 0 N–H and O–H groups in total. The van der Waals surface area contributed by atoms with Gasteiger partial charge in [-0.2, -0.15) is 0 Å². The first-order valence-electron chi connectivity index (χ1n) is 14.3. The van der Waals surface area contributed by atoms with Crippen molar-refractivity contribution in [1.29, 1.82) is 0 Å². The van der Waals surface area contributed by atoms with E-state index >= 15 is 0 Å². The number of thiophene rings is 1.